The van der Waals surface area contributed by atoms with Crippen molar-refractivity contribution in [3.05, 3.63) is 18.0 Å². The summed E-state index contributed by atoms with van der Waals surface area (Å²) in [4.78, 5) is 0. The molecule has 3 nitrogen and oxygen atoms in total. The van der Waals surface area contributed by atoms with Gasteiger partial charge < -0.3 is 5.32 Å². The fourth-order valence-electron chi connectivity index (χ4n) is 3.77. The largest absolute Gasteiger partial charge is 0.316 e. The minimum Gasteiger partial charge on any atom is -0.316 e. The van der Waals surface area contributed by atoms with Gasteiger partial charge in [0, 0.05) is 18.7 Å². The number of hydrogen-bond donors (Lipinski definition) is 1. The van der Waals surface area contributed by atoms with E-state index in [1.165, 1.54) is 31.4 Å². The van der Waals surface area contributed by atoms with E-state index >= 15 is 0 Å². The molecule has 3 heteroatoms. The lowest BCUT2D eigenvalue weighted by Crippen LogP contribution is -2.37. The molecule has 0 radical (unpaired) electrons. The van der Waals surface area contributed by atoms with Crippen LogP contribution in [0.2, 0.25) is 0 Å². The van der Waals surface area contributed by atoms with Crippen LogP contribution in [0.5, 0.6) is 0 Å². The van der Waals surface area contributed by atoms with Gasteiger partial charge in [-0.25, -0.2) is 0 Å². The van der Waals surface area contributed by atoms with Crippen LogP contribution in [0.3, 0.4) is 0 Å². The van der Waals surface area contributed by atoms with Crippen LogP contribution in [0.25, 0.3) is 0 Å². The molecule has 1 fully saturated rings. The van der Waals surface area contributed by atoms with Crippen LogP contribution < -0.4 is 5.32 Å². The average Bonchev–Trinajstić information content (AvgIpc) is 2.96. The summed E-state index contributed by atoms with van der Waals surface area (Å²) in [6, 6.07) is 3.36. The van der Waals surface area contributed by atoms with E-state index in [2.05, 4.69) is 50.1 Å². The molecule has 0 bridgehead atoms. The first kappa shape index (κ1) is 16.5. The highest BCUT2D eigenvalue weighted by atomic mass is 15.3. The van der Waals surface area contributed by atoms with Gasteiger partial charge in [0.2, 0.25) is 0 Å². The van der Waals surface area contributed by atoms with E-state index < -0.39 is 0 Å². The Labute approximate surface area is 130 Å². The van der Waals surface area contributed by atoms with Crippen LogP contribution in [0.1, 0.15) is 71.0 Å². The molecule has 1 saturated carbocycles. The molecule has 0 aliphatic heterocycles. The van der Waals surface area contributed by atoms with Crippen molar-refractivity contribution in [2.75, 3.05) is 7.05 Å². The van der Waals surface area contributed by atoms with Gasteiger partial charge in [-0.05, 0) is 50.6 Å². The first-order chi connectivity index (χ1) is 10.2. The molecule has 1 aliphatic carbocycles. The Hall–Kier alpha value is -0.830. The second-order valence-corrected chi connectivity index (χ2v) is 6.88. The molecule has 1 heterocycles. The van der Waals surface area contributed by atoms with Crippen molar-refractivity contribution < 1.29 is 0 Å². The molecular weight excluding hydrogens is 258 g/mol. The van der Waals surface area contributed by atoms with Gasteiger partial charge in [-0.1, -0.05) is 33.6 Å². The van der Waals surface area contributed by atoms with E-state index in [0.29, 0.717) is 12.1 Å². The molecule has 120 valence electrons. The smallest absolute Gasteiger partial charge is 0.0640 e. The SMILES string of the molecule is CCC(CC)n1ccc(CC(NC)C2CCC(C)CC2)n1. The van der Waals surface area contributed by atoms with Crippen LogP contribution in [-0.4, -0.2) is 22.9 Å². The molecular formula is C18H33N3. The van der Waals surface area contributed by atoms with E-state index in [4.69, 9.17) is 5.10 Å². The molecule has 0 saturated heterocycles. The highest BCUT2D eigenvalue weighted by Gasteiger charge is 2.25. The van der Waals surface area contributed by atoms with E-state index in [9.17, 15) is 0 Å². The Morgan fingerprint density at radius 3 is 2.48 bits per heavy atom. The van der Waals surface area contributed by atoms with Crippen molar-refractivity contribution >= 4 is 0 Å². The molecule has 2 rings (SSSR count). The van der Waals surface area contributed by atoms with Gasteiger partial charge in [0.25, 0.3) is 0 Å². The molecule has 1 N–H and O–H groups in total. The molecule has 1 unspecified atom stereocenters. The first-order valence-electron chi connectivity index (χ1n) is 8.89. The normalized spacial score (nSPS) is 24.4. The van der Waals surface area contributed by atoms with Crippen LogP contribution >= 0.6 is 0 Å². The van der Waals surface area contributed by atoms with Crippen LogP contribution in [0.15, 0.2) is 12.3 Å². The highest BCUT2D eigenvalue weighted by Crippen LogP contribution is 2.31. The van der Waals surface area contributed by atoms with Gasteiger partial charge in [-0.3, -0.25) is 4.68 Å². The third-order valence-corrected chi connectivity index (χ3v) is 5.41. The van der Waals surface area contributed by atoms with E-state index in [1.807, 2.05) is 0 Å². The standard InChI is InChI=1S/C18H33N3/c1-5-17(6-2)21-12-11-16(20-21)13-18(19-4)15-9-7-14(3)8-10-15/h11-12,14-15,17-19H,5-10,13H2,1-4H3. The molecule has 1 atom stereocenters. The quantitative estimate of drug-likeness (QED) is 0.816. The summed E-state index contributed by atoms with van der Waals surface area (Å²) < 4.78 is 2.17. The number of rotatable bonds is 7. The summed E-state index contributed by atoms with van der Waals surface area (Å²) in [5, 5.41) is 8.38. The van der Waals surface area contributed by atoms with E-state index in [0.717, 1.165) is 31.1 Å². The van der Waals surface area contributed by atoms with Gasteiger partial charge in [-0.2, -0.15) is 5.10 Å². The summed E-state index contributed by atoms with van der Waals surface area (Å²) in [5.74, 6) is 1.75. The highest BCUT2D eigenvalue weighted by molar-refractivity contribution is 5.03. The maximum atomic E-state index is 4.83. The Bertz CT molecular complexity index is 400. The zero-order chi connectivity index (χ0) is 15.2. The Morgan fingerprint density at radius 1 is 1.24 bits per heavy atom. The summed E-state index contributed by atoms with van der Waals surface area (Å²) in [5.41, 5.74) is 1.25. The summed E-state index contributed by atoms with van der Waals surface area (Å²) in [6.07, 6.45) is 11.1. The van der Waals surface area contributed by atoms with E-state index in [1.54, 1.807) is 0 Å². The predicted molar refractivity (Wildman–Crippen MR) is 89.5 cm³/mol. The topological polar surface area (TPSA) is 29.9 Å². The van der Waals surface area contributed by atoms with Gasteiger partial charge in [0.05, 0.1) is 11.7 Å². The molecule has 1 aromatic heterocycles. The first-order valence-corrected chi connectivity index (χ1v) is 8.89. The zero-order valence-corrected chi connectivity index (χ0v) is 14.3. The fourth-order valence-corrected chi connectivity index (χ4v) is 3.77. The van der Waals surface area contributed by atoms with Crippen molar-refractivity contribution in [2.45, 2.75) is 77.8 Å². The number of nitrogens with zero attached hydrogens (tertiary/aromatic N) is 2. The monoisotopic (exact) mass is 291 g/mol. The van der Waals surface area contributed by atoms with E-state index in [-0.39, 0.29) is 0 Å². The molecule has 0 aromatic carbocycles. The van der Waals surface area contributed by atoms with Crippen molar-refractivity contribution in [1.29, 1.82) is 0 Å². The second kappa shape index (κ2) is 7.98. The van der Waals surface area contributed by atoms with Crippen LogP contribution in [-0.2, 0) is 6.42 Å². The van der Waals surface area contributed by atoms with Gasteiger partial charge in [0.15, 0.2) is 0 Å². The number of likely N-dealkylation sites (N-methyl/N-ethyl adjacent to an activating group) is 1. The molecule has 21 heavy (non-hydrogen) atoms. The predicted octanol–water partition coefficient (Wildman–Crippen LogP) is 4.20. The lowest BCUT2D eigenvalue weighted by molar-refractivity contribution is 0.234. The second-order valence-electron chi connectivity index (χ2n) is 6.88. The Balaban J connectivity index is 1.95. The van der Waals surface area contributed by atoms with Crippen molar-refractivity contribution in [1.82, 2.24) is 15.1 Å². The maximum absolute atomic E-state index is 4.83. The third-order valence-electron chi connectivity index (χ3n) is 5.41. The van der Waals surface area contributed by atoms with Crippen molar-refractivity contribution in [2.24, 2.45) is 11.8 Å². The number of hydrogen-bond acceptors (Lipinski definition) is 2. The molecule has 1 aromatic rings. The average molecular weight is 291 g/mol. The van der Waals surface area contributed by atoms with Gasteiger partial charge in [-0.15, -0.1) is 0 Å². The Morgan fingerprint density at radius 2 is 1.90 bits per heavy atom. The fraction of sp³-hybridized carbons (Fsp3) is 0.833. The maximum Gasteiger partial charge on any atom is 0.0640 e. The van der Waals surface area contributed by atoms with Crippen molar-refractivity contribution in [3.63, 3.8) is 0 Å². The molecule has 0 spiro atoms. The summed E-state index contributed by atoms with van der Waals surface area (Å²) in [7, 11) is 2.11. The molecule has 1 aliphatic rings. The Kier molecular flexibility index (Phi) is 6.28. The van der Waals surface area contributed by atoms with Crippen LogP contribution in [0.4, 0.5) is 0 Å². The molecule has 0 amide bonds. The summed E-state index contributed by atoms with van der Waals surface area (Å²) >= 11 is 0. The van der Waals surface area contributed by atoms with Crippen LogP contribution in [0, 0.1) is 11.8 Å². The lowest BCUT2D eigenvalue weighted by atomic mass is 9.78. The zero-order valence-electron chi connectivity index (χ0n) is 14.3. The van der Waals surface area contributed by atoms with Crippen molar-refractivity contribution in [3.8, 4) is 0 Å². The minimum absolute atomic E-state index is 0.558. The number of nitrogens with one attached hydrogen (secondary N) is 1. The third kappa shape index (κ3) is 4.32. The van der Waals surface area contributed by atoms with Gasteiger partial charge in [0.1, 0.15) is 0 Å². The lowest BCUT2D eigenvalue weighted by Gasteiger charge is -2.32. The summed E-state index contributed by atoms with van der Waals surface area (Å²) in [6.45, 7) is 6.88. The van der Waals surface area contributed by atoms with Gasteiger partial charge >= 0.3 is 0 Å². The minimum atomic E-state index is 0.558. The number of aromatic nitrogens is 2.